The molecular weight excluding hydrogens is 363 g/mol. The highest BCUT2D eigenvalue weighted by Crippen LogP contribution is 2.34. The van der Waals surface area contributed by atoms with Crippen LogP contribution in [0.4, 0.5) is 13.2 Å². The lowest BCUT2D eigenvalue weighted by molar-refractivity contribution is -0.0576. The number of aromatic nitrogens is 2. The maximum Gasteiger partial charge on any atom is 0.388 e. The van der Waals surface area contributed by atoms with Gasteiger partial charge in [0, 0.05) is 12.6 Å². The van der Waals surface area contributed by atoms with Crippen molar-refractivity contribution in [3.63, 3.8) is 0 Å². The van der Waals surface area contributed by atoms with E-state index in [2.05, 4.69) is 19.8 Å². The Morgan fingerprint density at radius 3 is 2.56 bits per heavy atom. The van der Waals surface area contributed by atoms with E-state index in [9.17, 15) is 13.2 Å². The van der Waals surface area contributed by atoms with Gasteiger partial charge in [0.15, 0.2) is 0 Å². The topological polar surface area (TPSA) is 57.9 Å². The number of alkyl halides is 2. The molecule has 2 aromatic rings. The third-order valence-corrected chi connectivity index (χ3v) is 3.62. The summed E-state index contributed by atoms with van der Waals surface area (Å²) in [7, 11) is 3.99. The Balaban J connectivity index is 2.62. The zero-order chi connectivity index (χ0) is 18.7. The highest BCUT2D eigenvalue weighted by Gasteiger charge is 2.24. The van der Waals surface area contributed by atoms with Crippen molar-refractivity contribution < 1.29 is 27.5 Å². The fourth-order valence-electron chi connectivity index (χ4n) is 2.24. The van der Waals surface area contributed by atoms with Crippen molar-refractivity contribution in [1.82, 2.24) is 9.78 Å². The van der Waals surface area contributed by atoms with Gasteiger partial charge >= 0.3 is 6.61 Å². The number of halogens is 4. The van der Waals surface area contributed by atoms with Crippen LogP contribution in [0.25, 0.3) is 11.3 Å². The maximum absolute atomic E-state index is 14.5. The smallest absolute Gasteiger partial charge is 0.388 e. The number of oxime groups is 1. The van der Waals surface area contributed by atoms with Gasteiger partial charge in [-0.1, -0.05) is 11.6 Å². The number of methoxy groups -OCH3 is 1. The molecule has 0 amide bonds. The van der Waals surface area contributed by atoms with E-state index in [0.717, 1.165) is 4.68 Å². The molecule has 0 spiro atoms. The first-order valence-electron chi connectivity index (χ1n) is 6.93. The summed E-state index contributed by atoms with van der Waals surface area (Å²) in [5.41, 5.74) is 1.05. The molecule has 0 saturated heterocycles. The van der Waals surface area contributed by atoms with Gasteiger partial charge in [0.05, 0.1) is 17.7 Å². The van der Waals surface area contributed by atoms with Crippen LogP contribution >= 0.6 is 11.6 Å². The molecule has 0 aliphatic rings. The van der Waals surface area contributed by atoms with Crippen LogP contribution in [0.2, 0.25) is 5.02 Å². The second-order valence-electron chi connectivity index (χ2n) is 4.90. The van der Waals surface area contributed by atoms with Crippen molar-refractivity contribution in [3.8, 4) is 17.1 Å². The number of ether oxygens (including phenoxy) is 2. The summed E-state index contributed by atoms with van der Waals surface area (Å²) in [5, 5.41) is 7.91. The quantitative estimate of drug-likeness (QED) is 0.452. The molecule has 25 heavy (non-hydrogen) atoms. The third-order valence-electron chi connectivity index (χ3n) is 3.31. The minimum Gasteiger partial charge on any atom is -0.478 e. The van der Waals surface area contributed by atoms with Crippen LogP contribution in [-0.4, -0.2) is 36.5 Å². The molecule has 0 bridgehead atoms. The second kappa shape index (κ2) is 7.64. The number of benzene rings is 1. The summed E-state index contributed by atoms with van der Waals surface area (Å²) in [6.07, 6.45) is 0. The summed E-state index contributed by atoms with van der Waals surface area (Å²) in [6, 6.07) is 3.04. The molecule has 2 rings (SSSR count). The van der Waals surface area contributed by atoms with Gasteiger partial charge in [-0.2, -0.15) is 18.3 Å². The molecule has 136 valence electrons. The van der Waals surface area contributed by atoms with Crippen LogP contribution in [0.1, 0.15) is 11.1 Å². The lowest BCUT2D eigenvalue weighted by Crippen LogP contribution is -2.07. The Hall–Kier alpha value is -2.42. The van der Waals surface area contributed by atoms with E-state index in [1.807, 2.05) is 0 Å². The van der Waals surface area contributed by atoms with Gasteiger partial charge in [-0.15, -0.1) is 0 Å². The van der Waals surface area contributed by atoms with Crippen LogP contribution in [0.15, 0.2) is 17.3 Å². The van der Waals surface area contributed by atoms with Gasteiger partial charge in [-0.05, 0) is 29.8 Å². The molecule has 0 atom stereocenters. The van der Waals surface area contributed by atoms with Gasteiger partial charge in [0.1, 0.15) is 12.8 Å². The van der Waals surface area contributed by atoms with Gasteiger partial charge in [0.2, 0.25) is 5.82 Å². The van der Waals surface area contributed by atoms with E-state index in [4.69, 9.17) is 16.3 Å². The molecule has 0 saturated carbocycles. The van der Waals surface area contributed by atoms with Gasteiger partial charge < -0.3 is 14.3 Å². The lowest BCUT2D eigenvalue weighted by atomic mass is 10.0. The molecular formula is C15H15ClF3N3O3. The second-order valence-corrected chi connectivity index (χ2v) is 5.31. The SMILES string of the molecule is CO/N=C(\OC)c1cc(-c2nn(C)c(OC(F)F)c2F)c(C)cc1Cl. The van der Waals surface area contributed by atoms with Crippen molar-refractivity contribution in [2.75, 3.05) is 14.2 Å². The van der Waals surface area contributed by atoms with Crippen molar-refractivity contribution in [2.24, 2.45) is 12.2 Å². The minimum atomic E-state index is -3.17. The molecule has 10 heteroatoms. The van der Waals surface area contributed by atoms with Crippen molar-refractivity contribution >= 4 is 17.5 Å². The molecule has 0 radical (unpaired) electrons. The zero-order valence-corrected chi connectivity index (χ0v) is 14.6. The molecule has 6 nitrogen and oxygen atoms in total. The molecule has 1 aromatic carbocycles. The number of hydrogen-bond acceptors (Lipinski definition) is 5. The Morgan fingerprint density at radius 1 is 1.32 bits per heavy atom. The first-order chi connectivity index (χ1) is 11.8. The Bertz CT molecular complexity index is 809. The standard InChI is InChI=1S/C15H15ClF3N3O3/c1-7-5-10(16)9(13(23-3)21-24-4)6-8(7)12-11(17)14(22(2)20-12)25-15(18)19/h5-6,15H,1-4H3/b21-13-. The van der Waals surface area contributed by atoms with E-state index >= 15 is 0 Å². The van der Waals surface area contributed by atoms with E-state index in [0.29, 0.717) is 21.7 Å². The monoisotopic (exact) mass is 377 g/mol. The number of hydrogen-bond donors (Lipinski definition) is 0. The van der Waals surface area contributed by atoms with E-state index in [1.54, 1.807) is 13.0 Å². The predicted octanol–water partition coefficient (Wildman–Crippen LogP) is 3.74. The Labute approximate surface area is 146 Å². The highest BCUT2D eigenvalue weighted by atomic mass is 35.5. The number of aryl methyl sites for hydroxylation is 2. The largest absolute Gasteiger partial charge is 0.478 e. The average Bonchev–Trinajstić information content (AvgIpc) is 2.81. The molecule has 1 heterocycles. The van der Waals surface area contributed by atoms with Crippen LogP contribution in [-0.2, 0) is 16.6 Å². The highest BCUT2D eigenvalue weighted by molar-refractivity contribution is 6.34. The number of rotatable bonds is 5. The molecule has 1 aromatic heterocycles. The lowest BCUT2D eigenvalue weighted by Gasteiger charge is -2.10. The molecule has 0 unspecified atom stereocenters. The minimum absolute atomic E-state index is 0.0640. The molecule has 0 fully saturated rings. The zero-order valence-electron chi connectivity index (χ0n) is 13.8. The van der Waals surface area contributed by atoms with Crippen molar-refractivity contribution in [1.29, 1.82) is 0 Å². The first kappa shape index (κ1) is 18.9. The summed E-state index contributed by atoms with van der Waals surface area (Å²) < 4.78 is 49.6. The molecule has 0 aliphatic heterocycles. The summed E-state index contributed by atoms with van der Waals surface area (Å²) in [5.74, 6) is -1.62. The predicted molar refractivity (Wildman–Crippen MR) is 85.5 cm³/mol. The number of nitrogens with zero attached hydrogens (tertiary/aromatic N) is 3. The van der Waals surface area contributed by atoms with Crippen LogP contribution in [0, 0.1) is 12.7 Å². The first-order valence-corrected chi connectivity index (χ1v) is 7.31. The summed E-state index contributed by atoms with van der Waals surface area (Å²) >= 11 is 6.18. The van der Waals surface area contributed by atoms with Crippen LogP contribution in [0.3, 0.4) is 0 Å². The maximum atomic E-state index is 14.5. The fourth-order valence-corrected chi connectivity index (χ4v) is 2.54. The van der Waals surface area contributed by atoms with Crippen LogP contribution < -0.4 is 4.74 Å². The molecule has 0 aliphatic carbocycles. The van der Waals surface area contributed by atoms with Crippen molar-refractivity contribution in [3.05, 3.63) is 34.1 Å². The van der Waals surface area contributed by atoms with Gasteiger partial charge in [-0.3, -0.25) is 0 Å². The average molecular weight is 378 g/mol. The summed E-state index contributed by atoms with van der Waals surface area (Å²) in [4.78, 5) is 4.68. The molecule has 0 N–H and O–H groups in total. The van der Waals surface area contributed by atoms with E-state index in [1.165, 1.54) is 27.3 Å². The third kappa shape index (κ3) is 3.81. The van der Waals surface area contributed by atoms with Crippen LogP contribution in [0.5, 0.6) is 5.88 Å². The van der Waals surface area contributed by atoms with Gasteiger partial charge in [-0.25, -0.2) is 4.68 Å². The summed E-state index contributed by atoms with van der Waals surface area (Å²) in [6.45, 7) is -1.50. The Kier molecular flexibility index (Phi) is 5.78. The normalized spacial score (nSPS) is 11.8. The van der Waals surface area contributed by atoms with E-state index in [-0.39, 0.29) is 11.6 Å². The van der Waals surface area contributed by atoms with Gasteiger partial charge in [0.25, 0.3) is 11.8 Å². The fraction of sp³-hybridized carbons (Fsp3) is 0.333. The van der Waals surface area contributed by atoms with Crippen molar-refractivity contribution in [2.45, 2.75) is 13.5 Å². The Morgan fingerprint density at radius 2 is 2.00 bits per heavy atom. The van der Waals surface area contributed by atoms with E-state index < -0.39 is 18.3 Å².